The Bertz CT molecular complexity index is 1630. The number of nitrogens with two attached hydrogens (primary N) is 2. The van der Waals surface area contributed by atoms with E-state index in [4.69, 9.17) is 30.7 Å². The maximum absolute atomic E-state index is 13.8. The van der Waals surface area contributed by atoms with Gasteiger partial charge in [0, 0.05) is 57.4 Å². The van der Waals surface area contributed by atoms with Gasteiger partial charge in [0.15, 0.2) is 11.6 Å². The van der Waals surface area contributed by atoms with E-state index in [0.717, 1.165) is 13.8 Å². The molecule has 24 heteroatoms. The number of aromatic amines is 1. The molecule has 0 saturated carbocycles. The average Bonchev–Trinajstić information content (AvgIpc) is 3.68. The number of carbonyl (C=O) groups is 8. The number of Topliss-reactive ketones (excluding diaryl/α,β-unsaturated/α-hetero) is 3. The fourth-order valence-corrected chi connectivity index (χ4v) is 6.49. The molecule has 22 nitrogen and oxygen atoms in total. The molecule has 340 valence electrons. The van der Waals surface area contributed by atoms with Gasteiger partial charge in [0.05, 0.1) is 62.9 Å². The zero-order chi connectivity index (χ0) is 45.6. The Morgan fingerprint density at radius 2 is 1.57 bits per heavy atom. The van der Waals surface area contributed by atoms with Gasteiger partial charge in [-0.25, -0.2) is 9.55 Å². The minimum Gasteiger partial charge on any atom is -0.394 e. The zero-order valence-electron chi connectivity index (χ0n) is 34.3. The van der Waals surface area contributed by atoms with Gasteiger partial charge in [-0.05, 0) is 25.7 Å². The first-order valence-corrected chi connectivity index (χ1v) is 21.4. The molecule has 1 rings (SSSR count). The maximum atomic E-state index is 13.8. The van der Waals surface area contributed by atoms with Gasteiger partial charge in [0.2, 0.25) is 29.5 Å². The van der Waals surface area contributed by atoms with Crippen LogP contribution in [0, 0.1) is 17.8 Å². The second kappa shape index (κ2) is 27.8. The van der Waals surface area contributed by atoms with E-state index in [0.29, 0.717) is 17.9 Å². The van der Waals surface area contributed by atoms with Crippen LogP contribution in [0.5, 0.6) is 0 Å². The summed E-state index contributed by atoms with van der Waals surface area (Å²) in [6.07, 6.45) is 0.493. The van der Waals surface area contributed by atoms with Gasteiger partial charge in [0.1, 0.15) is 24.2 Å². The van der Waals surface area contributed by atoms with Crippen LogP contribution in [0.1, 0.15) is 72.0 Å². The third kappa shape index (κ3) is 21.5. The van der Waals surface area contributed by atoms with E-state index in [9.17, 15) is 48.0 Å². The molecule has 1 aromatic heterocycles. The van der Waals surface area contributed by atoms with E-state index in [1.165, 1.54) is 12.4 Å². The van der Waals surface area contributed by atoms with Gasteiger partial charge in [-0.1, -0.05) is 13.8 Å². The fraction of sp³-hybridized carbons (Fsp3) is 0.694. The zero-order valence-corrected chi connectivity index (χ0v) is 36.1. The van der Waals surface area contributed by atoms with Crippen molar-refractivity contribution in [2.45, 2.75) is 96.9 Å². The fourth-order valence-electron chi connectivity index (χ4n) is 5.70. The van der Waals surface area contributed by atoms with Crippen LogP contribution in [0.3, 0.4) is 0 Å². The molecule has 0 fully saturated rings. The number of phosphoric acid groups is 1. The summed E-state index contributed by atoms with van der Waals surface area (Å²) in [5.74, 6) is -8.35. The van der Waals surface area contributed by atoms with Crippen molar-refractivity contribution >= 4 is 67.3 Å². The number of ether oxygens (including phenoxy) is 2. The van der Waals surface area contributed by atoms with Crippen LogP contribution in [0.15, 0.2) is 12.4 Å². The number of nitrogens with one attached hydrogen (secondary N) is 3. The summed E-state index contributed by atoms with van der Waals surface area (Å²) < 4.78 is 26.6. The highest BCUT2D eigenvalue weighted by molar-refractivity contribution is 7.80. The number of ketones is 3. The molecule has 60 heavy (non-hydrogen) atoms. The van der Waals surface area contributed by atoms with E-state index in [1.807, 2.05) is 0 Å². The molecule has 10 N–H and O–H groups in total. The molecule has 0 aliphatic carbocycles. The summed E-state index contributed by atoms with van der Waals surface area (Å²) in [5.41, 5.74) is 11.0. The van der Waals surface area contributed by atoms with Crippen molar-refractivity contribution < 1.29 is 71.8 Å². The van der Waals surface area contributed by atoms with Gasteiger partial charge in [-0.15, -0.1) is 0 Å². The Hall–Kier alpha value is -3.93. The molecular weight excluding hydrogens is 833 g/mol. The van der Waals surface area contributed by atoms with Crippen molar-refractivity contribution in [3.63, 3.8) is 0 Å². The number of thiol groups is 1. The van der Waals surface area contributed by atoms with E-state index >= 15 is 0 Å². The monoisotopic (exact) mass is 893 g/mol. The molecule has 5 amide bonds. The number of carbonyl (C=O) groups excluding carboxylic acids is 8. The Morgan fingerprint density at radius 3 is 2.10 bits per heavy atom. The van der Waals surface area contributed by atoms with Crippen LogP contribution in [0.4, 0.5) is 0 Å². The molecule has 1 heterocycles. The van der Waals surface area contributed by atoms with Crippen molar-refractivity contribution in [2.75, 3.05) is 45.3 Å². The van der Waals surface area contributed by atoms with Gasteiger partial charge in [-0.3, -0.25) is 47.8 Å². The lowest BCUT2D eigenvalue weighted by atomic mass is 9.90. The Labute approximate surface area is 353 Å². The van der Waals surface area contributed by atoms with Crippen molar-refractivity contribution in [1.82, 2.24) is 25.5 Å². The number of primary amides is 1. The van der Waals surface area contributed by atoms with Crippen molar-refractivity contribution in [1.29, 1.82) is 0 Å². The van der Waals surface area contributed by atoms with E-state index in [2.05, 4.69) is 37.8 Å². The minimum atomic E-state index is -5.08. The number of imidazole rings is 1. The SMILES string of the molecule is CC(=O)N(CC(=O)N[C@@H](CC(C)C)C(=O)C[C@@H](Cc1ncc[nH]1)C(=O)N[C@@H](CO)C(=O)C[C@H](C(N)=O)[C@@H](C)OP(=O)(O)O)C(=O)CCOCCOCCCC(=O)[C@@H](N)CS. The number of nitrogens with zero attached hydrogens (tertiary/aromatic N) is 2. The highest BCUT2D eigenvalue weighted by atomic mass is 32.1. The largest absolute Gasteiger partial charge is 0.469 e. The van der Waals surface area contributed by atoms with E-state index in [-0.39, 0.29) is 68.8 Å². The first kappa shape index (κ1) is 54.1. The molecule has 0 spiro atoms. The second-order valence-electron chi connectivity index (χ2n) is 14.4. The standard InChI is InChI=1S/C36H60N7O15PS/c1-21(2)14-27(41-33(49)18-43(23(4)45)34(50)7-11-57-13-12-56-10-5-6-29(46)26(37)20-60)30(47)15-24(16-32-39-8-9-40-32)36(52)42-28(19-44)31(48)17-25(35(38)51)22(3)58-59(53,54)55/h8-9,21-22,24-28,44,60H,5-7,10-20,37H2,1-4H3,(H2,38,51)(H,39,40)(H,41,49)(H,42,52)(H2,53,54,55)/t22-,24+,25+,26+,27+,28+/m1/s1. The summed E-state index contributed by atoms with van der Waals surface area (Å²) in [6, 6.07) is -3.44. The highest BCUT2D eigenvalue weighted by Gasteiger charge is 2.36. The Kier molecular flexibility index (Phi) is 25.1. The van der Waals surface area contributed by atoms with Crippen LogP contribution >= 0.6 is 20.5 Å². The normalized spacial score (nSPS) is 14.6. The summed E-state index contributed by atoms with van der Waals surface area (Å²) in [4.78, 5) is 129. The van der Waals surface area contributed by atoms with E-state index in [1.54, 1.807) is 13.8 Å². The molecule has 0 unspecified atom stereocenters. The number of aromatic nitrogens is 2. The predicted molar refractivity (Wildman–Crippen MR) is 215 cm³/mol. The lowest BCUT2D eigenvalue weighted by Gasteiger charge is -2.26. The third-order valence-corrected chi connectivity index (χ3v) is 9.93. The first-order valence-electron chi connectivity index (χ1n) is 19.2. The lowest BCUT2D eigenvalue weighted by Crippen LogP contribution is -2.50. The molecular formula is C36H60N7O15PS. The first-order chi connectivity index (χ1) is 28.1. The molecule has 0 aliphatic rings. The van der Waals surface area contributed by atoms with Gasteiger partial charge < -0.3 is 51.5 Å². The summed E-state index contributed by atoms with van der Waals surface area (Å²) in [5, 5.41) is 14.9. The molecule has 6 atom stereocenters. The summed E-state index contributed by atoms with van der Waals surface area (Å²) in [7, 11) is -5.08. The number of rotatable bonds is 32. The maximum Gasteiger partial charge on any atom is 0.469 e. The quantitative estimate of drug-likeness (QED) is 0.0226. The summed E-state index contributed by atoms with van der Waals surface area (Å²) in [6.45, 7) is 4.61. The number of aliphatic hydroxyl groups excluding tert-OH is 1. The number of amides is 5. The van der Waals surface area contributed by atoms with Crippen LogP contribution in [0.25, 0.3) is 0 Å². The number of H-pyrrole nitrogens is 1. The van der Waals surface area contributed by atoms with Crippen molar-refractivity contribution in [3.05, 3.63) is 18.2 Å². The van der Waals surface area contributed by atoms with Crippen LogP contribution < -0.4 is 22.1 Å². The van der Waals surface area contributed by atoms with Crippen molar-refractivity contribution in [2.24, 2.45) is 29.2 Å². The number of hydrogen-bond acceptors (Lipinski definition) is 16. The molecule has 1 aromatic rings. The van der Waals surface area contributed by atoms with Crippen LogP contribution in [-0.2, 0) is 63.3 Å². The topological polar surface area (TPSA) is 350 Å². The smallest absolute Gasteiger partial charge is 0.394 e. The van der Waals surface area contributed by atoms with Gasteiger partial charge in [0.25, 0.3) is 0 Å². The summed E-state index contributed by atoms with van der Waals surface area (Å²) >= 11 is 3.99. The number of phosphoric ester groups is 1. The molecule has 0 radical (unpaired) electrons. The minimum absolute atomic E-state index is 0.0882. The number of imide groups is 1. The predicted octanol–water partition coefficient (Wildman–Crippen LogP) is -1.50. The van der Waals surface area contributed by atoms with Crippen LogP contribution in [-0.4, -0.2) is 146 Å². The second-order valence-corrected chi connectivity index (χ2v) is 16.0. The number of hydrogen-bond donors (Lipinski definition) is 9. The van der Waals surface area contributed by atoms with Gasteiger partial charge in [-0.2, -0.15) is 12.6 Å². The molecule has 0 bridgehead atoms. The molecule has 0 aliphatic heterocycles. The van der Waals surface area contributed by atoms with Crippen LogP contribution in [0.2, 0.25) is 0 Å². The third-order valence-electron chi connectivity index (χ3n) is 8.93. The Morgan fingerprint density at radius 1 is 0.933 bits per heavy atom. The molecule has 0 aromatic carbocycles. The molecule has 0 saturated heterocycles. The lowest BCUT2D eigenvalue weighted by molar-refractivity contribution is -0.147. The number of aliphatic hydroxyl groups is 1. The average molecular weight is 894 g/mol. The van der Waals surface area contributed by atoms with Crippen molar-refractivity contribution in [3.8, 4) is 0 Å². The van der Waals surface area contributed by atoms with E-state index < -0.39 is 111 Å². The van der Waals surface area contributed by atoms with Gasteiger partial charge >= 0.3 is 7.82 Å². The highest BCUT2D eigenvalue weighted by Crippen LogP contribution is 2.39. The Balaban J connectivity index is 2.95.